The van der Waals surface area contributed by atoms with E-state index in [0.29, 0.717) is 16.9 Å². The van der Waals surface area contributed by atoms with Crippen LogP contribution >= 0.6 is 11.3 Å². The van der Waals surface area contributed by atoms with Crippen LogP contribution in [0.3, 0.4) is 0 Å². The summed E-state index contributed by atoms with van der Waals surface area (Å²) in [5.41, 5.74) is -0.104. The average molecular weight is 417 g/mol. The van der Waals surface area contributed by atoms with Gasteiger partial charge in [-0.3, -0.25) is 14.2 Å². The Balaban J connectivity index is 1.75. The molecule has 0 atom stereocenters. The Hall–Kier alpha value is -3.20. The number of carbonyl (C=O) groups is 1. The molecule has 0 aliphatic heterocycles. The molecule has 2 aromatic heterocycles. The van der Waals surface area contributed by atoms with Crippen molar-refractivity contribution in [3.05, 3.63) is 70.0 Å². The minimum atomic E-state index is -1.09. The highest BCUT2D eigenvalue weighted by Crippen LogP contribution is 2.32. The van der Waals surface area contributed by atoms with Gasteiger partial charge in [0.2, 0.25) is 5.91 Å². The number of nitrogens with zero attached hydrogens (tertiary/aromatic N) is 2. The smallest absolute Gasteiger partial charge is 0.272 e. The zero-order chi connectivity index (χ0) is 20.7. The molecule has 148 valence electrons. The second-order valence-electron chi connectivity index (χ2n) is 6.34. The van der Waals surface area contributed by atoms with Gasteiger partial charge in [0.25, 0.3) is 5.56 Å². The highest BCUT2D eigenvalue weighted by molar-refractivity contribution is 7.25. The minimum absolute atomic E-state index is 0.0676. The molecule has 0 saturated carbocycles. The minimum Gasteiger partial charge on any atom is -0.324 e. The first kappa shape index (κ1) is 19.1. The Bertz CT molecular complexity index is 1330. The number of hydrogen-bond donors (Lipinski definition) is 1. The third-order valence-corrected chi connectivity index (χ3v) is 5.58. The summed E-state index contributed by atoms with van der Waals surface area (Å²) in [7, 11) is 0. The van der Waals surface area contributed by atoms with Crippen LogP contribution in [-0.2, 0) is 17.8 Å². The van der Waals surface area contributed by atoms with Crippen molar-refractivity contribution in [1.29, 1.82) is 0 Å². The van der Waals surface area contributed by atoms with Gasteiger partial charge >= 0.3 is 0 Å². The number of amides is 1. The molecular weight excluding hydrogens is 403 g/mol. The maximum Gasteiger partial charge on any atom is 0.272 e. The van der Waals surface area contributed by atoms with Crippen LogP contribution in [-0.4, -0.2) is 15.5 Å². The molecule has 9 heteroatoms. The summed E-state index contributed by atoms with van der Waals surface area (Å²) in [5, 5.41) is 2.72. The number of halogens is 3. The number of thiophene rings is 1. The topological polar surface area (TPSA) is 64.0 Å². The molecule has 0 radical (unpaired) electrons. The molecule has 29 heavy (non-hydrogen) atoms. The molecule has 0 aliphatic rings. The molecule has 0 aliphatic carbocycles. The van der Waals surface area contributed by atoms with E-state index in [1.54, 1.807) is 19.1 Å². The van der Waals surface area contributed by atoms with Crippen molar-refractivity contribution in [2.24, 2.45) is 0 Å². The molecule has 4 rings (SSSR count). The molecule has 0 bridgehead atoms. The fraction of sp³-hybridized carbons (Fsp3) is 0.150. The van der Waals surface area contributed by atoms with Gasteiger partial charge in [0, 0.05) is 22.9 Å². The highest BCUT2D eigenvalue weighted by atomic mass is 32.1. The summed E-state index contributed by atoms with van der Waals surface area (Å²) in [4.78, 5) is 29.8. The fourth-order valence-corrected chi connectivity index (χ4v) is 4.23. The van der Waals surface area contributed by atoms with E-state index in [0.717, 1.165) is 23.5 Å². The quantitative estimate of drug-likeness (QED) is 0.541. The number of carbonyl (C=O) groups excluding carboxylic acids is 1. The first-order chi connectivity index (χ1) is 13.9. The summed E-state index contributed by atoms with van der Waals surface area (Å²) in [6, 6.07) is 7.54. The van der Waals surface area contributed by atoms with Crippen molar-refractivity contribution in [2.75, 3.05) is 5.32 Å². The van der Waals surface area contributed by atoms with Gasteiger partial charge in [-0.15, -0.1) is 11.3 Å². The van der Waals surface area contributed by atoms with E-state index in [9.17, 15) is 22.8 Å². The normalized spacial score (nSPS) is 11.3. The SMILES string of the molecule is CCc1nc2c(sc3cccc(F)c32)c(=O)n1CC(=O)Nc1ccc(F)c(F)c1. The van der Waals surface area contributed by atoms with Crippen LogP contribution in [0, 0.1) is 17.5 Å². The van der Waals surface area contributed by atoms with E-state index in [4.69, 9.17) is 0 Å². The first-order valence-electron chi connectivity index (χ1n) is 8.74. The highest BCUT2D eigenvalue weighted by Gasteiger charge is 2.19. The number of benzene rings is 2. The van der Waals surface area contributed by atoms with E-state index in [1.165, 1.54) is 16.7 Å². The van der Waals surface area contributed by atoms with Crippen molar-refractivity contribution in [3.63, 3.8) is 0 Å². The van der Waals surface area contributed by atoms with Crippen molar-refractivity contribution >= 4 is 43.2 Å². The van der Waals surface area contributed by atoms with Crippen molar-refractivity contribution in [1.82, 2.24) is 9.55 Å². The molecule has 1 amide bonds. The molecule has 0 saturated heterocycles. The monoisotopic (exact) mass is 417 g/mol. The number of aryl methyl sites for hydroxylation is 1. The lowest BCUT2D eigenvalue weighted by molar-refractivity contribution is -0.116. The number of hydrogen-bond acceptors (Lipinski definition) is 4. The van der Waals surface area contributed by atoms with Gasteiger partial charge in [0.15, 0.2) is 11.6 Å². The maximum absolute atomic E-state index is 14.3. The summed E-state index contributed by atoms with van der Waals surface area (Å²) < 4.78 is 42.7. The van der Waals surface area contributed by atoms with E-state index in [-0.39, 0.29) is 27.8 Å². The first-order valence-corrected chi connectivity index (χ1v) is 9.56. The van der Waals surface area contributed by atoms with Crippen LogP contribution in [0.25, 0.3) is 20.3 Å². The lowest BCUT2D eigenvalue weighted by atomic mass is 10.2. The van der Waals surface area contributed by atoms with Gasteiger partial charge in [-0.1, -0.05) is 13.0 Å². The van der Waals surface area contributed by atoms with Crippen LogP contribution in [0.5, 0.6) is 0 Å². The Morgan fingerprint density at radius 2 is 1.93 bits per heavy atom. The largest absolute Gasteiger partial charge is 0.324 e. The van der Waals surface area contributed by atoms with Gasteiger partial charge < -0.3 is 5.32 Å². The fourth-order valence-electron chi connectivity index (χ4n) is 3.12. The van der Waals surface area contributed by atoms with Crippen molar-refractivity contribution in [2.45, 2.75) is 19.9 Å². The van der Waals surface area contributed by atoms with Crippen LogP contribution in [0.2, 0.25) is 0 Å². The summed E-state index contributed by atoms with van der Waals surface area (Å²) in [6.07, 6.45) is 0.343. The van der Waals surface area contributed by atoms with Crippen molar-refractivity contribution < 1.29 is 18.0 Å². The molecule has 2 aromatic carbocycles. The van der Waals surface area contributed by atoms with Gasteiger partial charge in [0.1, 0.15) is 22.9 Å². The maximum atomic E-state index is 14.3. The van der Waals surface area contributed by atoms with Gasteiger partial charge in [-0.2, -0.15) is 0 Å². The summed E-state index contributed by atoms with van der Waals surface area (Å²) in [5.74, 6) is -2.85. The second kappa shape index (κ2) is 7.32. The van der Waals surface area contributed by atoms with Crippen molar-refractivity contribution in [3.8, 4) is 0 Å². The number of aromatic nitrogens is 2. The number of nitrogens with one attached hydrogen (secondary N) is 1. The van der Waals surface area contributed by atoms with E-state index in [1.807, 2.05) is 0 Å². The van der Waals surface area contributed by atoms with Gasteiger partial charge in [-0.05, 0) is 24.3 Å². The number of rotatable bonds is 4. The number of fused-ring (bicyclic) bond motifs is 3. The van der Waals surface area contributed by atoms with E-state index in [2.05, 4.69) is 10.3 Å². The summed E-state index contributed by atoms with van der Waals surface area (Å²) >= 11 is 1.11. The lowest BCUT2D eigenvalue weighted by Crippen LogP contribution is -2.30. The molecule has 0 spiro atoms. The molecular formula is C20H14F3N3O2S. The summed E-state index contributed by atoms with van der Waals surface area (Å²) in [6.45, 7) is 1.41. The molecule has 4 aromatic rings. The van der Waals surface area contributed by atoms with E-state index >= 15 is 0 Å². The standard InChI is InChI=1S/C20H14F3N3O2S/c1-2-15-25-18-17-12(22)4-3-5-14(17)29-19(18)20(28)26(15)9-16(27)24-10-6-7-11(21)13(23)8-10/h3-8H,2,9H2,1H3,(H,24,27). The predicted molar refractivity (Wildman–Crippen MR) is 106 cm³/mol. The van der Waals surface area contributed by atoms with Crippen LogP contribution in [0.1, 0.15) is 12.7 Å². The lowest BCUT2D eigenvalue weighted by Gasteiger charge is -2.11. The predicted octanol–water partition coefficient (Wildman–Crippen LogP) is 4.23. The zero-order valence-corrected chi connectivity index (χ0v) is 15.9. The van der Waals surface area contributed by atoms with Crippen LogP contribution < -0.4 is 10.9 Å². The van der Waals surface area contributed by atoms with Gasteiger partial charge in [0.05, 0.1) is 10.9 Å². The molecule has 0 fully saturated rings. The molecule has 5 nitrogen and oxygen atoms in total. The van der Waals surface area contributed by atoms with Crippen LogP contribution in [0.4, 0.5) is 18.9 Å². The number of anilines is 1. The Kier molecular flexibility index (Phi) is 4.83. The zero-order valence-electron chi connectivity index (χ0n) is 15.1. The molecule has 1 N–H and O–H groups in total. The van der Waals surface area contributed by atoms with Crippen LogP contribution in [0.15, 0.2) is 41.2 Å². The Morgan fingerprint density at radius 1 is 1.14 bits per heavy atom. The molecule has 0 unspecified atom stereocenters. The Labute approximate surface area is 166 Å². The van der Waals surface area contributed by atoms with E-state index < -0.39 is 28.9 Å². The average Bonchev–Trinajstić information content (AvgIpc) is 3.07. The third kappa shape index (κ3) is 3.38. The Morgan fingerprint density at radius 3 is 2.66 bits per heavy atom. The molecule has 2 heterocycles. The van der Waals surface area contributed by atoms with Gasteiger partial charge in [-0.25, -0.2) is 18.2 Å². The third-order valence-electron chi connectivity index (χ3n) is 4.45. The second-order valence-corrected chi connectivity index (χ2v) is 7.39.